The zero-order valence-corrected chi connectivity index (χ0v) is 10.4. The molecule has 0 saturated heterocycles. The number of nitrogens with zero attached hydrogens (tertiary/aromatic N) is 4. The van der Waals surface area contributed by atoms with E-state index in [1.807, 2.05) is 12.3 Å². The highest BCUT2D eigenvalue weighted by molar-refractivity contribution is 5.77. The maximum absolute atomic E-state index is 10.7. The monoisotopic (exact) mass is 273 g/mol. The topological polar surface area (TPSA) is 99.0 Å². The molecule has 0 aliphatic rings. The highest BCUT2D eigenvalue weighted by Gasteiger charge is 2.11. The minimum Gasteiger partial charge on any atom is -0.423 e. The highest BCUT2D eigenvalue weighted by atomic mass is 16.6. The number of non-ortho nitro benzene ring substituents is 1. The van der Waals surface area contributed by atoms with Gasteiger partial charge in [-0.1, -0.05) is 0 Å². The average molecular weight is 273 g/mol. The molecular formula is C12H11N5O3. The quantitative estimate of drug-likeness (QED) is 0.564. The fourth-order valence-electron chi connectivity index (χ4n) is 1.81. The molecule has 0 bridgehead atoms. The molecule has 20 heavy (non-hydrogen) atoms. The first-order valence-corrected chi connectivity index (χ1v) is 5.99. The summed E-state index contributed by atoms with van der Waals surface area (Å²) in [6, 6.07) is 6.51. The Kier molecular flexibility index (Phi) is 3.04. The van der Waals surface area contributed by atoms with Crippen molar-refractivity contribution in [2.24, 2.45) is 0 Å². The Bertz CT molecular complexity index is 735. The number of nitro benzene ring substituents is 1. The van der Waals surface area contributed by atoms with Crippen LogP contribution in [0.3, 0.4) is 0 Å². The molecule has 1 N–H and O–H groups in total. The molecule has 2 heterocycles. The second kappa shape index (κ2) is 5.00. The van der Waals surface area contributed by atoms with Crippen LogP contribution in [0.5, 0.6) is 0 Å². The Hall–Kier alpha value is -2.90. The summed E-state index contributed by atoms with van der Waals surface area (Å²) in [5.41, 5.74) is 0.953. The van der Waals surface area contributed by atoms with E-state index in [4.69, 9.17) is 4.42 Å². The van der Waals surface area contributed by atoms with Crippen LogP contribution >= 0.6 is 0 Å². The number of rotatable bonds is 5. The van der Waals surface area contributed by atoms with E-state index in [0.29, 0.717) is 30.2 Å². The molecule has 3 rings (SSSR count). The van der Waals surface area contributed by atoms with E-state index >= 15 is 0 Å². The van der Waals surface area contributed by atoms with Crippen LogP contribution in [0.25, 0.3) is 11.1 Å². The van der Waals surface area contributed by atoms with E-state index < -0.39 is 4.92 Å². The summed E-state index contributed by atoms with van der Waals surface area (Å²) in [7, 11) is 0. The summed E-state index contributed by atoms with van der Waals surface area (Å²) >= 11 is 0. The third-order valence-corrected chi connectivity index (χ3v) is 2.76. The third kappa shape index (κ3) is 2.44. The lowest BCUT2D eigenvalue weighted by atomic mass is 10.3. The first kappa shape index (κ1) is 12.2. The number of benzene rings is 1. The summed E-state index contributed by atoms with van der Waals surface area (Å²) < 4.78 is 7.20. The molecule has 0 unspecified atom stereocenters. The SMILES string of the molecule is O=[N+]([O-])c1ccc2nc(NCCn3cccn3)oc2c1. The number of oxazole rings is 1. The molecule has 0 aliphatic heterocycles. The zero-order valence-electron chi connectivity index (χ0n) is 10.4. The van der Waals surface area contributed by atoms with Crippen LogP contribution in [0.15, 0.2) is 41.1 Å². The molecule has 8 nitrogen and oxygen atoms in total. The second-order valence-electron chi connectivity index (χ2n) is 4.12. The van der Waals surface area contributed by atoms with Crippen molar-refractivity contribution in [3.63, 3.8) is 0 Å². The molecule has 0 fully saturated rings. The third-order valence-electron chi connectivity index (χ3n) is 2.76. The van der Waals surface area contributed by atoms with Gasteiger partial charge in [-0.2, -0.15) is 10.1 Å². The van der Waals surface area contributed by atoms with Gasteiger partial charge in [-0.25, -0.2) is 0 Å². The molecule has 2 aromatic heterocycles. The van der Waals surface area contributed by atoms with Crippen LogP contribution < -0.4 is 5.32 Å². The standard InChI is InChI=1S/C12H11N5O3/c18-17(19)9-2-3-10-11(8-9)20-12(15-10)13-5-7-16-6-1-4-14-16/h1-4,6,8H,5,7H2,(H,13,15). The summed E-state index contributed by atoms with van der Waals surface area (Å²) in [6.45, 7) is 1.27. The smallest absolute Gasteiger partial charge is 0.295 e. The summed E-state index contributed by atoms with van der Waals surface area (Å²) in [6.07, 6.45) is 3.57. The Morgan fingerprint density at radius 2 is 2.35 bits per heavy atom. The fourth-order valence-corrected chi connectivity index (χ4v) is 1.81. The van der Waals surface area contributed by atoms with E-state index in [2.05, 4.69) is 15.4 Å². The van der Waals surface area contributed by atoms with Crippen LogP contribution in [-0.2, 0) is 6.54 Å². The van der Waals surface area contributed by atoms with Crippen LogP contribution in [0.4, 0.5) is 11.7 Å². The van der Waals surface area contributed by atoms with Crippen LogP contribution in [0.2, 0.25) is 0 Å². The average Bonchev–Trinajstić information content (AvgIpc) is 3.06. The lowest BCUT2D eigenvalue weighted by molar-refractivity contribution is -0.384. The second-order valence-corrected chi connectivity index (χ2v) is 4.12. The van der Waals surface area contributed by atoms with E-state index in [0.717, 1.165) is 0 Å². The number of fused-ring (bicyclic) bond motifs is 1. The summed E-state index contributed by atoms with van der Waals surface area (Å²) in [4.78, 5) is 14.4. The minimum absolute atomic E-state index is 0.0169. The maximum atomic E-state index is 10.7. The maximum Gasteiger partial charge on any atom is 0.295 e. The van der Waals surface area contributed by atoms with Crippen LogP contribution in [0, 0.1) is 10.1 Å². The molecule has 102 valence electrons. The summed E-state index contributed by atoms with van der Waals surface area (Å²) in [5.74, 6) is 0. The van der Waals surface area contributed by atoms with Crippen molar-refractivity contribution in [1.29, 1.82) is 0 Å². The number of hydrogen-bond acceptors (Lipinski definition) is 6. The largest absolute Gasteiger partial charge is 0.423 e. The molecule has 0 atom stereocenters. The highest BCUT2D eigenvalue weighted by Crippen LogP contribution is 2.23. The molecule has 0 radical (unpaired) electrons. The van der Waals surface area contributed by atoms with Gasteiger partial charge in [0.05, 0.1) is 17.5 Å². The van der Waals surface area contributed by atoms with Gasteiger partial charge in [-0.05, 0) is 12.1 Å². The van der Waals surface area contributed by atoms with Gasteiger partial charge in [0.15, 0.2) is 5.58 Å². The molecule has 0 saturated carbocycles. The zero-order chi connectivity index (χ0) is 13.9. The summed E-state index contributed by atoms with van der Waals surface area (Å²) in [5, 5.41) is 17.8. The van der Waals surface area contributed by atoms with Crippen molar-refractivity contribution < 1.29 is 9.34 Å². The molecular weight excluding hydrogens is 262 g/mol. The molecule has 8 heteroatoms. The van der Waals surface area contributed by atoms with Crippen molar-refractivity contribution in [2.75, 3.05) is 11.9 Å². The molecule has 0 aliphatic carbocycles. The van der Waals surface area contributed by atoms with Gasteiger partial charge in [0, 0.05) is 25.0 Å². The van der Waals surface area contributed by atoms with Gasteiger partial charge in [-0.3, -0.25) is 14.8 Å². The Labute approximate surface area is 113 Å². The lowest BCUT2D eigenvalue weighted by Crippen LogP contribution is -2.10. The van der Waals surface area contributed by atoms with Gasteiger partial charge in [-0.15, -0.1) is 0 Å². The number of nitrogens with one attached hydrogen (secondary N) is 1. The van der Waals surface area contributed by atoms with Gasteiger partial charge >= 0.3 is 0 Å². The van der Waals surface area contributed by atoms with Gasteiger partial charge in [0.2, 0.25) is 0 Å². The van der Waals surface area contributed by atoms with E-state index in [-0.39, 0.29) is 5.69 Å². The van der Waals surface area contributed by atoms with E-state index in [9.17, 15) is 10.1 Å². The van der Waals surface area contributed by atoms with Crippen LogP contribution in [0.1, 0.15) is 0 Å². The Morgan fingerprint density at radius 3 is 3.10 bits per heavy atom. The van der Waals surface area contributed by atoms with Crippen molar-refractivity contribution in [1.82, 2.24) is 14.8 Å². The first-order valence-electron chi connectivity index (χ1n) is 5.99. The van der Waals surface area contributed by atoms with Crippen molar-refractivity contribution in [2.45, 2.75) is 6.54 Å². The van der Waals surface area contributed by atoms with E-state index in [1.54, 1.807) is 16.9 Å². The van der Waals surface area contributed by atoms with Gasteiger partial charge in [0.25, 0.3) is 11.7 Å². The molecule has 0 spiro atoms. The Morgan fingerprint density at radius 1 is 1.45 bits per heavy atom. The molecule has 0 amide bonds. The minimum atomic E-state index is -0.466. The lowest BCUT2D eigenvalue weighted by Gasteiger charge is -2.01. The van der Waals surface area contributed by atoms with Crippen molar-refractivity contribution in [3.05, 3.63) is 46.8 Å². The predicted molar refractivity (Wildman–Crippen MR) is 71.4 cm³/mol. The molecule has 3 aromatic rings. The normalized spacial score (nSPS) is 10.8. The van der Waals surface area contributed by atoms with E-state index in [1.165, 1.54) is 12.1 Å². The Balaban J connectivity index is 1.70. The van der Waals surface area contributed by atoms with Gasteiger partial charge in [0.1, 0.15) is 5.52 Å². The fraction of sp³-hybridized carbons (Fsp3) is 0.167. The number of hydrogen-bond donors (Lipinski definition) is 1. The van der Waals surface area contributed by atoms with Crippen molar-refractivity contribution in [3.8, 4) is 0 Å². The molecule has 1 aromatic carbocycles. The number of aromatic nitrogens is 3. The van der Waals surface area contributed by atoms with Crippen LogP contribution in [-0.4, -0.2) is 26.2 Å². The van der Waals surface area contributed by atoms with Crippen molar-refractivity contribution >= 4 is 22.8 Å². The first-order chi connectivity index (χ1) is 9.72. The predicted octanol–water partition coefficient (Wildman–Crippen LogP) is 2.04. The van der Waals surface area contributed by atoms with Gasteiger partial charge < -0.3 is 9.73 Å². The number of nitro groups is 1. The number of anilines is 1.